The van der Waals surface area contributed by atoms with E-state index < -0.39 is 15.9 Å². The number of amides is 1. The molecule has 0 aliphatic carbocycles. The lowest BCUT2D eigenvalue weighted by molar-refractivity contribution is -0.118. The lowest BCUT2D eigenvalue weighted by Gasteiger charge is -2.11. The van der Waals surface area contributed by atoms with Crippen LogP contribution in [0.4, 0.5) is 11.4 Å². The number of carbonyl (C=O) groups is 1. The van der Waals surface area contributed by atoms with Gasteiger partial charge >= 0.3 is 0 Å². The molecule has 0 spiro atoms. The van der Waals surface area contributed by atoms with E-state index in [1.54, 1.807) is 66.7 Å². The first-order chi connectivity index (χ1) is 13.4. The monoisotopic (exact) mass is 416 g/mol. The molecule has 0 fully saturated rings. The van der Waals surface area contributed by atoms with Crippen LogP contribution < -0.4 is 14.8 Å². The fourth-order valence-electron chi connectivity index (χ4n) is 2.34. The average molecular weight is 417 g/mol. The first kappa shape index (κ1) is 19.7. The van der Waals surface area contributed by atoms with E-state index in [0.29, 0.717) is 22.1 Å². The molecule has 0 saturated heterocycles. The maximum atomic E-state index is 12.5. The Kier molecular flexibility index (Phi) is 6.18. The Hall–Kier alpha value is -3.03. The predicted molar refractivity (Wildman–Crippen MR) is 109 cm³/mol. The fraction of sp³-hybridized carbons (Fsp3) is 0.0500. The average Bonchev–Trinajstić information content (AvgIpc) is 2.68. The van der Waals surface area contributed by atoms with Gasteiger partial charge in [-0.05, 0) is 54.6 Å². The highest BCUT2D eigenvalue weighted by Gasteiger charge is 2.15. The summed E-state index contributed by atoms with van der Waals surface area (Å²) in [6.45, 7) is -0.221. The van der Waals surface area contributed by atoms with Crippen LogP contribution in [-0.4, -0.2) is 20.9 Å². The van der Waals surface area contributed by atoms with Crippen LogP contribution >= 0.6 is 11.6 Å². The van der Waals surface area contributed by atoms with Crippen LogP contribution in [0.3, 0.4) is 0 Å². The van der Waals surface area contributed by atoms with Gasteiger partial charge in [0.1, 0.15) is 5.75 Å². The molecule has 0 aliphatic heterocycles. The van der Waals surface area contributed by atoms with Crippen molar-refractivity contribution in [1.82, 2.24) is 0 Å². The Balaban J connectivity index is 1.64. The minimum atomic E-state index is -3.78. The Morgan fingerprint density at radius 2 is 1.57 bits per heavy atom. The van der Waals surface area contributed by atoms with Crippen molar-refractivity contribution in [2.24, 2.45) is 0 Å². The van der Waals surface area contributed by atoms with E-state index in [0.717, 1.165) is 0 Å². The van der Waals surface area contributed by atoms with Crippen molar-refractivity contribution in [3.05, 3.63) is 83.9 Å². The number of halogens is 1. The molecule has 0 saturated carbocycles. The number of hydrogen-bond acceptors (Lipinski definition) is 4. The summed E-state index contributed by atoms with van der Waals surface area (Å²) in [6.07, 6.45) is 0. The summed E-state index contributed by atoms with van der Waals surface area (Å²) < 4.78 is 32.9. The number of para-hydroxylation sites is 1. The predicted octanol–water partition coefficient (Wildman–Crippen LogP) is 4.16. The molecule has 0 aliphatic rings. The SMILES string of the molecule is O=C(COc1ccc(Cl)cc1)Nc1cccc(S(=O)(=O)Nc2ccccc2)c1. The largest absolute Gasteiger partial charge is 0.484 e. The summed E-state index contributed by atoms with van der Waals surface area (Å²) in [4.78, 5) is 12.1. The van der Waals surface area contributed by atoms with Gasteiger partial charge in [-0.1, -0.05) is 35.9 Å². The Morgan fingerprint density at radius 1 is 0.893 bits per heavy atom. The van der Waals surface area contributed by atoms with Gasteiger partial charge in [0.15, 0.2) is 6.61 Å². The van der Waals surface area contributed by atoms with Gasteiger partial charge in [-0.2, -0.15) is 0 Å². The highest BCUT2D eigenvalue weighted by molar-refractivity contribution is 7.92. The van der Waals surface area contributed by atoms with Crippen molar-refractivity contribution in [1.29, 1.82) is 0 Å². The number of hydrogen-bond donors (Lipinski definition) is 2. The van der Waals surface area contributed by atoms with Gasteiger partial charge in [0, 0.05) is 16.4 Å². The highest BCUT2D eigenvalue weighted by Crippen LogP contribution is 2.19. The van der Waals surface area contributed by atoms with Gasteiger partial charge in [-0.3, -0.25) is 9.52 Å². The second kappa shape index (κ2) is 8.77. The summed E-state index contributed by atoms with van der Waals surface area (Å²) in [5, 5.41) is 3.19. The van der Waals surface area contributed by atoms with E-state index >= 15 is 0 Å². The molecule has 0 radical (unpaired) electrons. The summed E-state index contributed by atoms with van der Waals surface area (Å²) in [5.74, 6) is 0.0865. The molecule has 3 aromatic rings. The van der Waals surface area contributed by atoms with Crippen molar-refractivity contribution in [2.75, 3.05) is 16.6 Å². The summed E-state index contributed by atoms with van der Waals surface area (Å²) in [5.41, 5.74) is 0.800. The van der Waals surface area contributed by atoms with Gasteiger partial charge in [0.2, 0.25) is 0 Å². The molecule has 0 bridgehead atoms. The van der Waals surface area contributed by atoms with Crippen molar-refractivity contribution in [2.45, 2.75) is 4.90 Å². The molecular formula is C20H17ClN2O4S. The molecule has 6 nitrogen and oxygen atoms in total. The van der Waals surface area contributed by atoms with E-state index in [9.17, 15) is 13.2 Å². The molecule has 1 amide bonds. The van der Waals surface area contributed by atoms with Crippen LogP contribution in [0.2, 0.25) is 5.02 Å². The second-order valence-corrected chi connectivity index (χ2v) is 7.91. The number of benzene rings is 3. The number of carbonyl (C=O) groups excluding carboxylic acids is 1. The van der Waals surface area contributed by atoms with Gasteiger partial charge in [-0.25, -0.2) is 8.42 Å². The lowest BCUT2D eigenvalue weighted by Crippen LogP contribution is -2.20. The van der Waals surface area contributed by atoms with E-state index in [1.165, 1.54) is 12.1 Å². The summed E-state index contributed by atoms with van der Waals surface area (Å²) in [7, 11) is -3.78. The molecule has 0 heterocycles. The second-order valence-electron chi connectivity index (χ2n) is 5.79. The van der Waals surface area contributed by atoms with Crippen molar-refractivity contribution < 1.29 is 17.9 Å². The molecule has 0 unspecified atom stereocenters. The maximum absolute atomic E-state index is 12.5. The zero-order chi connectivity index (χ0) is 20.0. The minimum Gasteiger partial charge on any atom is -0.484 e. The zero-order valence-corrected chi connectivity index (χ0v) is 16.2. The normalized spacial score (nSPS) is 10.9. The Morgan fingerprint density at radius 3 is 2.29 bits per heavy atom. The molecular weight excluding hydrogens is 400 g/mol. The van der Waals surface area contributed by atoms with Crippen LogP contribution in [0.5, 0.6) is 5.75 Å². The van der Waals surface area contributed by atoms with Gasteiger partial charge in [0.05, 0.1) is 4.90 Å². The lowest BCUT2D eigenvalue weighted by atomic mass is 10.3. The van der Waals surface area contributed by atoms with Crippen LogP contribution in [0, 0.1) is 0 Å². The molecule has 3 rings (SSSR count). The van der Waals surface area contributed by atoms with Gasteiger partial charge in [-0.15, -0.1) is 0 Å². The third kappa shape index (κ3) is 5.48. The minimum absolute atomic E-state index is 0.0350. The zero-order valence-electron chi connectivity index (χ0n) is 14.6. The van der Waals surface area contributed by atoms with E-state index in [2.05, 4.69) is 10.0 Å². The summed E-state index contributed by atoms with van der Waals surface area (Å²) in [6, 6.07) is 21.1. The molecule has 8 heteroatoms. The quantitative estimate of drug-likeness (QED) is 0.605. The number of sulfonamides is 1. The molecule has 0 aromatic heterocycles. The molecule has 144 valence electrons. The van der Waals surface area contributed by atoms with Crippen LogP contribution in [0.1, 0.15) is 0 Å². The number of anilines is 2. The van der Waals surface area contributed by atoms with Gasteiger partial charge < -0.3 is 10.1 Å². The van der Waals surface area contributed by atoms with Gasteiger partial charge in [0.25, 0.3) is 15.9 Å². The Bertz CT molecular complexity index is 1060. The van der Waals surface area contributed by atoms with E-state index in [4.69, 9.17) is 16.3 Å². The number of nitrogens with one attached hydrogen (secondary N) is 2. The molecule has 0 atom stereocenters. The smallest absolute Gasteiger partial charge is 0.262 e. The summed E-state index contributed by atoms with van der Waals surface area (Å²) >= 11 is 5.80. The van der Waals surface area contributed by atoms with Crippen molar-refractivity contribution in [3.8, 4) is 5.75 Å². The maximum Gasteiger partial charge on any atom is 0.262 e. The Labute approximate surface area is 168 Å². The number of rotatable bonds is 7. The van der Waals surface area contributed by atoms with Crippen molar-refractivity contribution >= 4 is 38.9 Å². The topological polar surface area (TPSA) is 84.5 Å². The van der Waals surface area contributed by atoms with Crippen LogP contribution in [0.25, 0.3) is 0 Å². The van der Waals surface area contributed by atoms with Crippen LogP contribution in [-0.2, 0) is 14.8 Å². The third-order valence-electron chi connectivity index (χ3n) is 3.64. The first-order valence-corrected chi connectivity index (χ1v) is 10.1. The molecule has 2 N–H and O–H groups in total. The van der Waals surface area contributed by atoms with E-state index in [-0.39, 0.29) is 11.5 Å². The van der Waals surface area contributed by atoms with E-state index in [1.807, 2.05) is 0 Å². The first-order valence-electron chi connectivity index (χ1n) is 8.28. The molecule has 28 heavy (non-hydrogen) atoms. The van der Waals surface area contributed by atoms with Crippen molar-refractivity contribution in [3.63, 3.8) is 0 Å². The standard InChI is InChI=1S/C20H17ClN2O4S/c21-15-9-11-18(12-10-15)27-14-20(24)22-17-7-4-8-19(13-17)28(25,26)23-16-5-2-1-3-6-16/h1-13,23H,14H2,(H,22,24). The number of ether oxygens (including phenoxy) is 1. The van der Waals surface area contributed by atoms with Crippen LogP contribution in [0.15, 0.2) is 83.8 Å². The third-order valence-corrected chi connectivity index (χ3v) is 5.27. The fourth-order valence-corrected chi connectivity index (χ4v) is 3.57. The highest BCUT2D eigenvalue weighted by atomic mass is 35.5. The molecule has 3 aromatic carbocycles.